The fourth-order valence-electron chi connectivity index (χ4n) is 5.12. The lowest BCUT2D eigenvalue weighted by molar-refractivity contribution is -0.149. The number of halogens is 3. The molecule has 2 amide bonds. The standard InChI is InChI=1S/C26H24F3N3O6/c1-2-37-23(34)19-14-31(16-8-6-15(7-9-16)30-12-13-38-25(30)36)24(35)32(22(19)33)21-11-10-17-18(21)4-3-5-20(17)26(27,28)29/h3-9,14,21,24,35H,2,10-13H2,1H3. The van der Waals surface area contributed by atoms with Crippen LogP contribution in [0.2, 0.25) is 0 Å². The zero-order valence-corrected chi connectivity index (χ0v) is 20.3. The zero-order chi connectivity index (χ0) is 27.2. The van der Waals surface area contributed by atoms with Crippen molar-refractivity contribution in [3.8, 4) is 0 Å². The number of amides is 2. The van der Waals surface area contributed by atoms with Crippen molar-refractivity contribution in [2.45, 2.75) is 38.3 Å². The molecule has 9 nitrogen and oxygen atoms in total. The number of hydrogen-bond donors (Lipinski definition) is 1. The lowest BCUT2D eigenvalue weighted by atomic mass is 10.0. The van der Waals surface area contributed by atoms with Crippen LogP contribution < -0.4 is 9.80 Å². The summed E-state index contributed by atoms with van der Waals surface area (Å²) in [6.45, 7) is 2.20. The Morgan fingerprint density at radius 1 is 1.13 bits per heavy atom. The number of aliphatic hydroxyl groups excluding tert-OH is 1. The fourth-order valence-corrected chi connectivity index (χ4v) is 5.12. The van der Waals surface area contributed by atoms with Crippen molar-refractivity contribution < 1.29 is 42.1 Å². The van der Waals surface area contributed by atoms with E-state index in [1.807, 2.05) is 0 Å². The van der Waals surface area contributed by atoms with Gasteiger partial charge in [0, 0.05) is 17.6 Å². The van der Waals surface area contributed by atoms with Crippen LogP contribution in [-0.2, 0) is 31.7 Å². The molecule has 12 heteroatoms. The van der Waals surface area contributed by atoms with Crippen LogP contribution >= 0.6 is 0 Å². The van der Waals surface area contributed by atoms with Crippen molar-refractivity contribution in [3.05, 3.63) is 70.9 Å². The molecule has 3 aliphatic rings. The van der Waals surface area contributed by atoms with E-state index >= 15 is 0 Å². The molecule has 5 rings (SSSR count). The van der Waals surface area contributed by atoms with Crippen molar-refractivity contribution in [1.29, 1.82) is 0 Å². The van der Waals surface area contributed by atoms with Crippen LogP contribution in [0.15, 0.2) is 54.2 Å². The molecule has 2 unspecified atom stereocenters. The molecule has 0 bridgehead atoms. The van der Waals surface area contributed by atoms with Gasteiger partial charge in [0.2, 0.25) is 6.35 Å². The normalized spacial score (nSPS) is 21.4. The van der Waals surface area contributed by atoms with Gasteiger partial charge in [-0.1, -0.05) is 12.1 Å². The van der Waals surface area contributed by atoms with Crippen molar-refractivity contribution in [2.75, 3.05) is 29.6 Å². The first-order valence-corrected chi connectivity index (χ1v) is 12.0. The highest BCUT2D eigenvalue weighted by atomic mass is 19.4. The minimum atomic E-state index is -4.57. The molecule has 0 radical (unpaired) electrons. The summed E-state index contributed by atoms with van der Waals surface area (Å²) in [4.78, 5) is 41.8. The molecule has 2 atom stereocenters. The number of benzene rings is 2. The second-order valence-corrected chi connectivity index (χ2v) is 8.94. The number of rotatable bonds is 5. The summed E-state index contributed by atoms with van der Waals surface area (Å²) < 4.78 is 50.9. The molecular weight excluding hydrogens is 507 g/mol. The summed E-state index contributed by atoms with van der Waals surface area (Å²) in [6, 6.07) is 9.25. The highest BCUT2D eigenvalue weighted by molar-refractivity contribution is 6.17. The van der Waals surface area contributed by atoms with Crippen LogP contribution in [-0.4, -0.2) is 54.1 Å². The Hall–Kier alpha value is -4.06. The lowest BCUT2D eigenvalue weighted by Crippen LogP contribution is -2.55. The molecule has 0 spiro atoms. The van der Waals surface area contributed by atoms with Crippen LogP contribution in [0.3, 0.4) is 0 Å². The number of carbonyl (C=O) groups is 3. The van der Waals surface area contributed by atoms with Crippen LogP contribution in [0.5, 0.6) is 0 Å². The minimum absolute atomic E-state index is 0.00611. The summed E-state index contributed by atoms with van der Waals surface area (Å²) in [5.41, 5.74) is 0.0890. The van der Waals surface area contributed by atoms with E-state index in [-0.39, 0.29) is 42.8 Å². The third kappa shape index (κ3) is 4.34. The summed E-state index contributed by atoms with van der Waals surface area (Å²) in [5, 5.41) is 11.3. The second-order valence-electron chi connectivity index (χ2n) is 8.94. The first-order chi connectivity index (χ1) is 18.1. The molecule has 1 fully saturated rings. The molecule has 1 N–H and O–H groups in total. The predicted molar refractivity (Wildman–Crippen MR) is 128 cm³/mol. The number of nitrogens with zero attached hydrogens (tertiary/aromatic N) is 3. The van der Waals surface area contributed by atoms with E-state index in [0.717, 1.165) is 11.0 Å². The Balaban J connectivity index is 1.53. The SMILES string of the molecule is CCOC(=O)C1=CN(c2ccc(N3CCOC3=O)cc2)C(O)N(C2CCc3c2cccc3C(F)(F)F)C1=O. The van der Waals surface area contributed by atoms with Gasteiger partial charge in [0.15, 0.2) is 0 Å². The number of fused-ring (bicyclic) bond motifs is 1. The highest BCUT2D eigenvalue weighted by Crippen LogP contribution is 2.44. The first kappa shape index (κ1) is 25.6. The van der Waals surface area contributed by atoms with Gasteiger partial charge in [0.25, 0.3) is 5.91 Å². The van der Waals surface area contributed by atoms with Crippen LogP contribution in [0.1, 0.15) is 36.1 Å². The van der Waals surface area contributed by atoms with E-state index < -0.39 is 42.1 Å². The molecule has 2 aromatic carbocycles. The maximum absolute atomic E-state index is 13.6. The smallest absolute Gasteiger partial charge is 0.416 e. The summed E-state index contributed by atoms with van der Waals surface area (Å²) in [7, 11) is 0. The highest BCUT2D eigenvalue weighted by Gasteiger charge is 2.45. The molecule has 2 aliphatic heterocycles. The first-order valence-electron chi connectivity index (χ1n) is 12.0. The Morgan fingerprint density at radius 2 is 1.84 bits per heavy atom. The molecule has 1 saturated heterocycles. The fraction of sp³-hybridized carbons (Fsp3) is 0.346. The topological polar surface area (TPSA) is 99.6 Å². The van der Waals surface area contributed by atoms with Crippen LogP contribution in [0.4, 0.5) is 29.3 Å². The van der Waals surface area contributed by atoms with Gasteiger partial charge in [-0.2, -0.15) is 13.2 Å². The van der Waals surface area contributed by atoms with Gasteiger partial charge in [-0.25, -0.2) is 9.59 Å². The van der Waals surface area contributed by atoms with Crippen molar-refractivity contribution in [3.63, 3.8) is 0 Å². The Morgan fingerprint density at radius 3 is 2.47 bits per heavy atom. The lowest BCUT2D eigenvalue weighted by Gasteiger charge is -2.42. The predicted octanol–water partition coefficient (Wildman–Crippen LogP) is 3.72. The molecule has 2 aromatic rings. The summed E-state index contributed by atoms with van der Waals surface area (Å²) >= 11 is 0. The number of carbonyl (C=O) groups excluding carboxylic acids is 3. The van der Waals surface area contributed by atoms with E-state index in [4.69, 9.17) is 9.47 Å². The summed E-state index contributed by atoms with van der Waals surface area (Å²) in [5.74, 6) is -1.77. The number of hydrogen-bond acceptors (Lipinski definition) is 7. The molecule has 200 valence electrons. The number of alkyl halides is 3. The van der Waals surface area contributed by atoms with Crippen molar-refractivity contribution in [1.82, 2.24) is 4.90 Å². The van der Waals surface area contributed by atoms with E-state index in [1.165, 1.54) is 28.1 Å². The summed E-state index contributed by atoms with van der Waals surface area (Å²) in [6.07, 6.45) is -5.35. The number of anilines is 2. The van der Waals surface area contributed by atoms with Gasteiger partial charge in [-0.05, 0) is 61.2 Å². The Bertz CT molecular complexity index is 1310. The third-order valence-corrected chi connectivity index (χ3v) is 6.83. The maximum atomic E-state index is 13.6. The number of ether oxygens (including phenoxy) is 2. The van der Waals surface area contributed by atoms with E-state index in [0.29, 0.717) is 17.9 Å². The van der Waals surface area contributed by atoms with E-state index in [9.17, 15) is 32.7 Å². The maximum Gasteiger partial charge on any atom is 0.416 e. The van der Waals surface area contributed by atoms with Crippen LogP contribution in [0, 0.1) is 0 Å². The average molecular weight is 531 g/mol. The second kappa shape index (κ2) is 9.67. The third-order valence-electron chi connectivity index (χ3n) is 6.83. The van der Waals surface area contributed by atoms with Gasteiger partial charge in [-0.3, -0.25) is 14.6 Å². The molecule has 1 aliphatic carbocycles. The molecule has 0 aromatic heterocycles. The van der Waals surface area contributed by atoms with E-state index in [1.54, 1.807) is 31.2 Å². The zero-order valence-electron chi connectivity index (χ0n) is 20.3. The van der Waals surface area contributed by atoms with Gasteiger partial charge < -0.3 is 19.5 Å². The Kier molecular flexibility index (Phi) is 6.51. The van der Waals surface area contributed by atoms with Crippen molar-refractivity contribution in [2.24, 2.45) is 0 Å². The quantitative estimate of drug-likeness (QED) is 0.464. The number of aliphatic hydroxyl groups is 1. The van der Waals surface area contributed by atoms with Gasteiger partial charge in [0.1, 0.15) is 12.2 Å². The number of cyclic esters (lactones) is 1. The van der Waals surface area contributed by atoms with Crippen molar-refractivity contribution >= 4 is 29.3 Å². The van der Waals surface area contributed by atoms with Gasteiger partial charge in [0.05, 0.1) is 24.8 Å². The molecule has 0 saturated carbocycles. The molecule has 38 heavy (non-hydrogen) atoms. The largest absolute Gasteiger partial charge is 0.462 e. The monoisotopic (exact) mass is 531 g/mol. The average Bonchev–Trinajstić information content (AvgIpc) is 3.50. The molecular formula is C26H24F3N3O6. The molecule has 2 heterocycles. The minimum Gasteiger partial charge on any atom is -0.462 e. The van der Waals surface area contributed by atoms with Crippen LogP contribution in [0.25, 0.3) is 0 Å². The van der Waals surface area contributed by atoms with Gasteiger partial charge in [-0.15, -0.1) is 0 Å². The number of esters is 1. The van der Waals surface area contributed by atoms with E-state index in [2.05, 4.69) is 0 Å². The Labute approximate surface area is 215 Å². The van der Waals surface area contributed by atoms with Gasteiger partial charge >= 0.3 is 18.2 Å².